The Morgan fingerprint density at radius 2 is 2.33 bits per heavy atom. The molecule has 2 rings (SSSR count). The van der Waals surface area contributed by atoms with Crippen LogP contribution in [-0.2, 0) is 11.3 Å². The van der Waals surface area contributed by atoms with Crippen LogP contribution in [0, 0.1) is 0 Å². The largest absolute Gasteiger partial charge is 0.370 e. The molecule has 0 spiro atoms. The number of ether oxygens (including phenoxy) is 1. The summed E-state index contributed by atoms with van der Waals surface area (Å²) in [5.74, 6) is 1.82. The maximum absolute atomic E-state index is 5.62. The van der Waals surface area contributed by atoms with Gasteiger partial charge in [0.1, 0.15) is 6.10 Å². The molecule has 2 heterocycles. The smallest absolute Gasteiger partial charge is 0.224 e. The van der Waals surface area contributed by atoms with Gasteiger partial charge >= 0.3 is 0 Å². The summed E-state index contributed by atoms with van der Waals surface area (Å²) in [6.07, 6.45) is 2.33. The highest BCUT2D eigenvalue weighted by molar-refractivity contribution is 5.26. The van der Waals surface area contributed by atoms with E-state index in [1.54, 1.807) is 0 Å². The van der Waals surface area contributed by atoms with Gasteiger partial charge in [-0.1, -0.05) is 0 Å². The van der Waals surface area contributed by atoms with Crippen LogP contribution in [0.25, 0.3) is 0 Å². The summed E-state index contributed by atoms with van der Waals surface area (Å²) in [5, 5.41) is 11.6. The summed E-state index contributed by atoms with van der Waals surface area (Å²) in [5.41, 5.74) is 0. The highest BCUT2D eigenvalue weighted by atomic mass is 16.5. The number of nitrogens with one attached hydrogen (secondary N) is 1. The summed E-state index contributed by atoms with van der Waals surface area (Å²) in [7, 11) is 0. The minimum Gasteiger partial charge on any atom is -0.370 e. The van der Waals surface area contributed by atoms with E-state index in [1.165, 1.54) is 0 Å². The van der Waals surface area contributed by atoms with E-state index in [0.29, 0.717) is 0 Å². The summed E-state index contributed by atoms with van der Waals surface area (Å²) in [6, 6.07) is 0. The zero-order valence-corrected chi connectivity index (χ0v) is 9.36. The Morgan fingerprint density at radius 1 is 1.47 bits per heavy atom. The third-order valence-corrected chi connectivity index (χ3v) is 2.65. The molecule has 5 nitrogen and oxygen atoms in total. The number of hydrogen-bond acceptors (Lipinski definition) is 4. The van der Waals surface area contributed by atoms with Gasteiger partial charge in [-0.05, 0) is 26.7 Å². The Balaban J connectivity index is 2.22. The molecule has 1 atom stereocenters. The van der Waals surface area contributed by atoms with E-state index in [2.05, 4.69) is 33.9 Å². The molecule has 1 aliphatic heterocycles. The summed E-state index contributed by atoms with van der Waals surface area (Å²) < 4.78 is 7.72. The summed E-state index contributed by atoms with van der Waals surface area (Å²) >= 11 is 0. The first-order valence-corrected chi connectivity index (χ1v) is 5.65. The van der Waals surface area contributed by atoms with Gasteiger partial charge in [0.2, 0.25) is 5.95 Å². The second-order valence-corrected chi connectivity index (χ2v) is 3.66. The van der Waals surface area contributed by atoms with Gasteiger partial charge < -0.3 is 10.1 Å². The molecule has 0 radical (unpaired) electrons. The number of anilines is 1. The van der Waals surface area contributed by atoms with Crippen LogP contribution in [0.5, 0.6) is 0 Å². The van der Waals surface area contributed by atoms with E-state index in [1.807, 2.05) is 0 Å². The van der Waals surface area contributed by atoms with Crippen molar-refractivity contribution in [2.45, 2.75) is 39.3 Å². The molecular formula is C10H18N4O. The molecule has 0 aliphatic carbocycles. The van der Waals surface area contributed by atoms with Crippen LogP contribution in [-0.4, -0.2) is 27.9 Å². The van der Waals surface area contributed by atoms with Crippen molar-refractivity contribution in [3.05, 3.63) is 5.82 Å². The predicted molar refractivity (Wildman–Crippen MR) is 57.8 cm³/mol. The fraction of sp³-hybridized carbons (Fsp3) is 0.800. The van der Waals surface area contributed by atoms with E-state index in [0.717, 1.165) is 44.3 Å². The molecule has 1 aliphatic rings. The summed E-state index contributed by atoms with van der Waals surface area (Å²) in [6.45, 7) is 6.75. The highest BCUT2D eigenvalue weighted by Crippen LogP contribution is 2.28. The molecule has 0 bridgehead atoms. The first-order chi connectivity index (χ1) is 7.36. The average Bonchev–Trinajstić information content (AvgIpc) is 2.85. The van der Waals surface area contributed by atoms with E-state index in [9.17, 15) is 0 Å². The maximum Gasteiger partial charge on any atom is 0.224 e. The Kier molecular flexibility index (Phi) is 3.20. The second kappa shape index (κ2) is 4.61. The molecule has 0 aromatic carbocycles. The topological polar surface area (TPSA) is 52.0 Å². The number of nitrogens with zero attached hydrogens (tertiary/aromatic N) is 3. The molecule has 1 fully saturated rings. The Labute approximate surface area is 89.8 Å². The van der Waals surface area contributed by atoms with E-state index in [4.69, 9.17) is 4.74 Å². The third kappa shape index (κ3) is 1.97. The van der Waals surface area contributed by atoms with Crippen molar-refractivity contribution >= 4 is 5.95 Å². The molecule has 1 saturated heterocycles. The van der Waals surface area contributed by atoms with Crippen molar-refractivity contribution in [3.8, 4) is 0 Å². The normalized spacial score (nSPS) is 20.8. The van der Waals surface area contributed by atoms with Gasteiger partial charge in [-0.3, -0.25) is 4.57 Å². The fourth-order valence-corrected chi connectivity index (χ4v) is 1.94. The van der Waals surface area contributed by atoms with Gasteiger partial charge in [0.15, 0.2) is 5.82 Å². The van der Waals surface area contributed by atoms with Crippen molar-refractivity contribution in [1.82, 2.24) is 14.8 Å². The van der Waals surface area contributed by atoms with Crippen LogP contribution in [0.2, 0.25) is 0 Å². The van der Waals surface area contributed by atoms with E-state index >= 15 is 0 Å². The maximum atomic E-state index is 5.62. The minimum atomic E-state index is 0.143. The summed E-state index contributed by atoms with van der Waals surface area (Å²) in [4.78, 5) is 0. The first kappa shape index (κ1) is 10.4. The molecule has 5 heteroatoms. The molecule has 15 heavy (non-hydrogen) atoms. The molecule has 1 N–H and O–H groups in total. The lowest BCUT2D eigenvalue weighted by molar-refractivity contribution is 0.102. The minimum absolute atomic E-state index is 0.143. The Morgan fingerprint density at radius 3 is 2.93 bits per heavy atom. The van der Waals surface area contributed by atoms with Gasteiger partial charge in [0, 0.05) is 19.7 Å². The quantitative estimate of drug-likeness (QED) is 0.819. The molecule has 1 aromatic rings. The second-order valence-electron chi connectivity index (χ2n) is 3.66. The zero-order chi connectivity index (χ0) is 10.7. The molecular weight excluding hydrogens is 192 g/mol. The van der Waals surface area contributed by atoms with Crippen LogP contribution in [0.4, 0.5) is 5.95 Å². The van der Waals surface area contributed by atoms with Gasteiger partial charge in [0.25, 0.3) is 0 Å². The fourth-order valence-electron chi connectivity index (χ4n) is 1.94. The highest BCUT2D eigenvalue weighted by Gasteiger charge is 2.24. The van der Waals surface area contributed by atoms with Crippen molar-refractivity contribution in [2.24, 2.45) is 0 Å². The molecule has 0 amide bonds. The van der Waals surface area contributed by atoms with Gasteiger partial charge in [-0.25, -0.2) is 0 Å². The lowest BCUT2D eigenvalue weighted by atomic mass is 10.2. The van der Waals surface area contributed by atoms with Crippen molar-refractivity contribution in [2.75, 3.05) is 18.5 Å². The zero-order valence-electron chi connectivity index (χ0n) is 9.36. The van der Waals surface area contributed by atoms with Crippen LogP contribution in [0.3, 0.4) is 0 Å². The number of rotatable bonds is 4. The van der Waals surface area contributed by atoms with Crippen LogP contribution >= 0.6 is 0 Å². The Bertz CT molecular complexity index is 317. The van der Waals surface area contributed by atoms with Gasteiger partial charge in [0.05, 0.1) is 0 Å². The van der Waals surface area contributed by atoms with Gasteiger partial charge in [-0.15, -0.1) is 10.2 Å². The molecule has 1 aromatic heterocycles. The lowest BCUT2D eigenvalue weighted by Gasteiger charge is -2.11. The molecule has 0 saturated carbocycles. The van der Waals surface area contributed by atoms with Crippen LogP contribution in [0.1, 0.15) is 38.6 Å². The third-order valence-electron chi connectivity index (χ3n) is 2.65. The van der Waals surface area contributed by atoms with Crippen molar-refractivity contribution < 1.29 is 4.74 Å². The van der Waals surface area contributed by atoms with E-state index in [-0.39, 0.29) is 6.10 Å². The van der Waals surface area contributed by atoms with Crippen LogP contribution < -0.4 is 5.32 Å². The monoisotopic (exact) mass is 210 g/mol. The van der Waals surface area contributed by atoms with Crippen LogP contribution in [0.15, 0.2) is 0 Å². The lowest BCUT2D eigenvalue weighted by Crippen LogP contribution is -2.11. The molecule has 1 unspecified atom stereocenters. The van der Waals surface area contributed by atoms with E-state index < -0.39 is 0 Å². The first-order valence-electron chi connectivity index (χ1n) is 5.65. The number of hydrogen-bond donors (Lipinski definition) is 1. The van der Waals surface area contributed by atoms with Gasteiger partial charge in [-0.2, -0.15) is 0 Å². The number of aromatic nitrogens is 3. The average molecular weight is 210 g/mol. The molecule has 84 valence electrons. The van der Waals surface area contributed by atoms with Crippen molar-refractivity contribution in [3.63, 3.8) is 0 Å². The predicted octanol–water partition coefficient (Wildman–Crippen LogP) is 1.58. The SMILES string of the molecule is CCNc1nnc(C2CCCO2)n1CC. The Hall–Kier alpha value is -1.10. The van der Waals surface area contributed by atoms with Crippen molar-refractivity contribution in [1.29, 1.82) is 0 Å². The standard InChI is InChI=1S/C10H18N4O/c1-3-11-10-13-12-9(14(10)4-2)8-6-5-7-15-8/h8H,3-7H2,1-2H3,(H,11,13).